The minimum Gasteiger partial charge on any atom is -0.409 e. The van der Waals surface area contributed by atoms with Gasteiger partial charge in [-0.25, -0.2) is 0 Å². The first kappa shape index (κ1) is 11.3. The molecule has 1 amide bonds. The number of benzene rings is 1. The summed E-state index contributed by atoms with van der Waals surface area (Å²) in [4.78, 5) is 11.0. The zero-order valence-corrected chi connectivity index (χ0v) is 8.53. The van der Waals surface area contributed by atoms with Crippen LogP contribution in [0.3, 0.4) is 0 Å². The zero-order valence-electron chi connectivity index (χ0n) is 7.77. The minimum absolute atomic E-state index is 0.0524. The Balaban J connectivity index is 2.89. The second kappa shape index (κ2) is 5.17. The molecule has 1 aromatic rings. The Hall–Kier alpha value is -1.81. The molecule has 0 radical (unpaired) electrons. The third-order valence-corrected chi connectivity index (χ3v) is 1.90. The Bertz CT molecular complexity index is 398. The molecule has 0 unspecified atom stereocenters. The Morgan fingerprint density at radius 2 is 2.07 bits per heavy atom. The Morgan fingerprint density at radius 1 is 1.47 bits per heavy atom. The lowest BCUT2D eigenvalue weighted by atomic mass is 10.2. The van der Waals surface area contributed by atoms with Crippen molar-refractivity contribution in [2.24, 2.45) is 5.16 Å². The number of amides is 1. The summed E-state index contributed by atoms with van der Waals surface area (Å²) >= 11 is 5.69. The van der Waals surface area contributed by atoms with E-state index in [2.05, 4.69) is 17.1 Å². The summed E-state index contributed by atoms with van der Waals surface area (Å²) in [6.07, 6.45) is 1.08. The van der Waals surface area contributed by atoms with Crippen LogP contribution >= 0.6 is 11.6 Å². The monoisotopic (exact) mass is 224 g/mol. The van der Waals surface area contributed by atoms with E-state index in [1.165, 1.54) is 0 Å². The summed E-state index contributed by atoms with van der Waals surface area (Å²) in [5, 5.41) is 14.6. The molecule has 0 aliphatic carbocycles. The van der Waals surface area contributed by atoms with E-state index in [9.17, 15) is 4.79 Å². The van der Waals surface area contributed by atoms with Crippen LogP contribution in [0.5, 0.6) is 0 Å². The SMILES string of the molecule is C=CC(=O)N/C(=N/O)c1ccc(Cl)cc1. The van der Waals surface area contributed by atoms with Crippen LogP contribution in [-0.4, -0.2) is 17.0 Å². The number of oxime groups is 1. The summed E-state index contributed by atoms with van der Waals surface area (Å²) in [7, 11) is 0. The minimum atomic E-state index is -0.447. The number of carbonyl (C=O) groups excluding carboxylic acids is 1. The lowest BCUT2D eigenvalue weighted by Crippen LogP contribution is -2.29. The molecule has 0 heterocycles. The van der Waals surface area contributed by atoms with E-state index in [0.717, 1.165) is 6.08 Å². The van der Waals surface area contributed by atoms with Crippen LogP contribution in [0.15, 0.2) is 42.1 Å². The molecular formula is C10H9ClN2O2. The summed E-state index contributed by atoms with van der Waals surface area (Å²) < 4.78 is 0. The van der Waals surface area contributed by atoms with Crippen LogP contribution in [0.4, 0.5) is 0 Å². The fraction of sp³-hybridized carbons (Fsp3) is 0. The number of hydrogen-bond donors (Lipinski definition) is 2. The van der Waals surface area contributed by atoms with E-state index in [1.807, 2.05) is 0 Å². The maximum Gasteiger partial charge on any atom is 0.249 e. The molecule has 78 valence electrons. The van der Waals surface area contributed by atoms with Gasteiger partial charge in [0.2, 0.25) is 5.91 Å². The number of rotatable bonds is 2. The summed E-state index contributed by atoms with van der Waals surface area (Å²) in [5.74, 6) is -0.394. The molecule has 0 fully saturated rings. The zero-order chi connectivity index (χ0) is 11.3. The normalized spacial score (nSPS) is 10.9. The van der Waals surface area contributed by atoms with Gasteiger partial charge in [-0.15, -0.1) is 0 Å². The van der Waals surface area contributed by atoms with Gasteiger partial charge in [0.05, 0.1) is 0 Å². The molecule has 0 spiro atoms. The molecule has 0 aliphatic heterocycles. The van der Waals surface area contributed by atoms with E-state index in [4.69, 9.17) is 16.8 Å². The first-order chi connectivity index (χ1) is 7.17. The first-order valence-electron chi connectivity index (χ1n) is 4.09. The smallest absolute Gasteiger partial charge is 0.249 e. The van der Waals surface area contributed by atoms with Gasteiger partial charge in [0.1, 0.15) is 0 Å². The van der Waals surface area contributed by atoms with Crippen LogP contribution in [-0.2, 0) is 4.79 Å². The summed E-state index contributed by atoms with van der Waals surface area (Å²) in [5.41, 5.74) is 0.553. The fourth-order valence-electron chi connectivity index (χ4n) is 0.930. The van der Waals surface area contributed by atoms with Crippen molar-refractivity contribution in [3.8, 4) is 0 Å². The molecule has 0 saturated carbocycles. The third-order valence-electron chi connectivity index (χ3n) is 1.64. The second-order valence-corrected chi connectivity index (χ2v) is 3.09. The molecule has 0 saturated heterocycles. The molecule has 5 heteroatoms. The number of amidine groups is 1. The van der Waals surface area contributed by atoms with Crippen LogP contribution in [0, 0.1) is 0 Å². The highest BCUT2D eigenvalue weighted by Crippen LogP contribution is 2.09. The quantitative estimate of drug-likeness (QED) is 0.264. The molecular weight excluding hydrogens is 216 g/mol. The first-order valence-corrected chi connectivity index (χ1v) is 4.46. The fourth-order valence-corrected chi connectivity index (χ4v) is 1.06. The second-order valence-electron chi connectivity index (χ2n) is 2.65. The van der Waals surface area contributed by atoms with Gasteiger partial charge in [-0.05, 0) is 30.3 Å². The largest absolute Gasteiger partial charge is 0.409 e. The highest BCUT2D eigenvalue weighted by Gasteiger charge is 2.06. The molecule has 0 bridgehead atoms. The van der Waals surface area contributed by atoms with Crippen molar-refractivity contribution in [3.63, 3.8) is 0 Å². The Kier molecular flexibility index (Phi) is 3.88. The van der Waals surface area contributed by atoms with Gasteiger partial charge in [-0.2, -0.15) is 0 Å². The van der Waals surface area contributed by atoms with Crippen molar-refractivity contribution in [2.75, 3.05) is 0 Å². The molecule has 0 aliphatic rings. The van der Waals surface area contributed by atoms with Gasteiger partial charge < -0.3 is 10.5 Å². The predicted octanol–water partition coefficient (Wildman–Crippen LogP) is 1.78. The highest BCUT2D eigenvalue weighted by atomic mass is 35.5. The molecule has 1 aromatic carbocycles. The molecule has 0 aromatic heterocycles. The van der Waals surface area contributed by atoms with E-state index < -0.39 is 5.91 Å². The van der Waals surface area contributed by atoms with Crippen molar-refractivity contribution in [3.05, 3.63) is 47.5 Å². The maximum atomic E-state index is 11.0. The van der Waals surface area contributed by atoms with Gasteiger partial charge in [-0.3, -0.25) is 4.79 Å². The van der Waals surface area contributed by atoms with Gasteiger partial charge in [-0.1, -0.05) is 23.3 Å². The average Bonchev–Trinajstić information content (AvgIpc) is 2.27. The standard InChI is InChI=1S/C10H9ClN2O2/c1-2-9(14)12-10(13-15)7-3-5-8(11)6-4-7/h2-6,15H,1H2,(H,12,13,14). The molecule has 2 N–H and O–H groups in total. The van der Waals surface area contributed by atoms with E-state index in [0.29, 0.717) is 10.6 Å². The van der Waals surface area contributed by atoms with Gasteiger partial charge >= 0.3 is 0 Å². The summed E-state index contributed by atoms with van der Waals surface area (Å²) in [6, 6.07) is 6.51. The number of hydrogen-bond acceptors (Lipinski definition) is 3. The average molecular weight is 225 g/mol. The lowest BCUT2D eigenvalue weighted by Gasteiger charge is -2.04. The van der Waals surface area contributed by atoms with Gasteiger partial charge in [0, 0.05) is 10.6 Å². The lowest BCUT2D eigenvalue weighted by molar-refractivity contribution is -0.115. The number of nitrogens with zero attached hydrogens (tertiary/aromatic N) is 1. The van der Waals surface area contributed by atoms with Crippen LogP contribution in [0.2, 0.25) is 5.02 Å². The topological polar surface area (TPSA) is 61.7 Å². The van der Waals surface area contributed by atoms with Crippen molar-refractivity contribution >= 4 is 23.3 Å². The predicted molar refractivity (Wildman–Crippen MR) is 58.1 cm³/mol. The van der Waals surface area contributed by atoms with Crippen molar-refractivity contribution in [2.45, 2.75) is 0 Å². The van der Waals surface area contributed by atoms with Gasteiger partial charge in [0.25, 0.3) is 0 Å². The van der Waals surface area contributed by atoms with Crippen LogP contribution in [0.1, 0.15) is 5.56 Å². The number of nitrogens with one attached hydrogen (secondary N) is 1. The van der Waals surface area contributed by atoms with Crippen LogP contribution in [0.25, 0.3) is 0 Å². The third kappa shape index (κ3) is 3.11. The molecule has 15 heavy (non-hydrogen) atoms. The maximum absolute atomic E-state index is 11.0. The number of carbonyl (C=O) groups is 1. The van der Waals surface area contributed by atoms with E-state index in [1.54, 1.807) is 24.3 Å². The van der Waals surface area contributed by atoms with Crippen molar-refractivity contribution in [1.29, 1.82) is 0 Å². The van der Waals surface area contributed by atoms with Crippen molar-refractivity contribution < 1.29 is 10.0 Å². The Morgan fingerprint density at radius 3 is 2.53 bits per heavy atom. The molecule has 0 atom stereocenters. The summed E-state index contributed by atoms with van der Waals surface area (Å²) in [6.45, 7) is 3.29. The number of halogens is 1. The molecule has 4 nitrogen and oxygen atoms in total. The van der Waals surface area contributed by atoms with Crippen LogP contribution < -0.4 is 5.32 Å². The van der Waals surface area contributed by atoms with Gasteiger partial charge in [0.15, 0.2) is 5.84 Å². The molecule has 1 rings (SSSR count). The Labute approximate surface area is 91.9 Å². The van der Waals surface area contributed by atoms with E-state index in [-0.39, 0.29) is 5.84 Å². The van der Waals surface area contributed by atoms with Crippen molar-refractivity contribution in [1.82, 2.24) is 5.32 Å². The van der Waals surface area contributed by atoms with E-state index >= 15 is 0 Å². The highest BCUT2D eigenvalue weighted by molar-refractivity contribution is 6.30.